The summed E-state index contributed by atoms with van der Waals surface area (Å²) in [5.74, 6) is -2.40. The molecule has 21 heavy (non-hydrogen) atoms. The summed E-state index contributed by atoms with van der Waals surface area (Å²) in [5.41, 5.74) is 0.715. The fraction of sp³-hybridized carbons (Fsp3) is 0.200. The normalized spacial score (nSPS) is 10.5. The molecule has 0 saturated heterocycles. The van der Waals surface area contributed by atoms with E-state index in [1.165, 1.54) is 30.3 Å². The van der Waals surface area contributed by atoms with Crippen LogP contribution in [-0.2, 0) is 6.54 Å². The molecule has 1 aromatic carbocycles. The average molecular weight is 292 g/mol. The molecule has 0 bridgehead atoms. The Morgan fingerprint density at radius 3 is 2.57 bits per heavy atom. The second-order valence-electron chi connectivity index (χ2n) is 4.80. The van der Waals surface area contributed by atoms with E-state index in [9.17, 15) is 18.4 Å². The zero-order valence-electron chi connectivity index (χ0n) is 11.6. The van der Waals surface area contributed by atoms with E-state index in [1.807, 2.05) is 0 Å². The largest absolute Gasteiger partial charge is 0.364 e. The number of nitrogens with zero attached hydrogens (tertiary/aromatic N) is 1. The summed E-state index contributed by atoms with van der Waals surface area (Å²) in [6, 6.07) is 4.75. The third-order valence-electron chi connectivity index (χ3n) is 3.04. The van der Waals surface area contributed by atoms with Crippen molar-refractivity contribution in [3.05, 3.63) is 69.1 Å². The molecule has 1 amide bonds. The second kappa shape index (κ2) is 5.87. The Bertz CT molecular complexity index is 741. The van der Waals surface area contributed by atoms with Crippen LogP contribution in [0.3, 0.4) is 0 Å². The van der Waals surface area contributed by atoms with Crippen molar-refractivity contribution in [2.75, 3.05) is 7.05 Å². The van der Waals surface area contributed by atoms with Crippen LogP contribution in [-0.4, -0.2) is 22.8 Å². The van der Waals surface area contributed by atoms with Gasteiger partial charge in [0.1, 0.15) is 5.56 Å². The molecule has 1 heterocycles. The lowest BCUT2D eigenvalue weighted by Gasteiger charge is -2.17. The Morgan fingerprint density at radius 1 is 1.24 bits per heavy atom. The van der Waals surface area contributed by atoms with Crippen molar-refractivity contribution in [1.82, 2.24) is 9.88 Å². The standard InChI is InChI=1S/C15H14F2N2O2/c1-9-5-14(20)11(7-18-9)15(21)19(2)8-10-3-4-12(16)13(17)6-10/h3-7H,8H2,1-2H3,(H,18,20). The first kappa shape index (κ1) is 14.9. The van der Waals surface area contributed by atoms with Gasteiger partial charge in [-0.15, -0.1) is 0 Å². The molecule has 0 unspecified atom stereocenters. The summed E-state index contributed by atoms with van der Waals surface area (Å²) in [6.07, 6.45) is 1.35. The Kier molecular flexibility index (Phi) is 4.16. The van der Waals surface area contributed by atoms with Gasteiger partial charge >= 0.3 is 0 Å². The smallest absolute Gasteiger partial charge is 0.259 e. The van der Waals surface area contributed by atoms with Gasteiger partial charge in [0.2, 0.25) is 0 Å². The van der Waals surface area contributed by atoms with Crippen LogP contribution in [0.2, 0.25) is 0 Å². The van der Waals surface area contributed by atoms with Crippen LogP contribution in [0.25, 0.3) is 0 Å². The fourth-order valence-corrected chi connectivity index (χ4v) is 1.93. The zero-order chi connectivity index (χ0) is 15.6. The molecule has 0 saturated carbocycles. The molecule has 0 aliphatic carbocycles. The first-order valence-corrected chi connectivity index (χ1v) is 6.27. The number of hydrogen-bond donors (Lipinski definition) is 1. The number of benzene rings is 1. The maximum Gasteiger partial charge on any atom is 0.259 e. The van der Waals surface area contributed by atoms with Gasteiger partial charge in [-0.25, -0.2) is 8.78 Å². The van der Waals surface area contributed by atoms with Gasteiger partial charge < -0.3 is 9.88 Å². The number of nitrogens with one attached hydrogen (secondary N) is 1. The van der Waals surface area contributed by atoms with Gasteiger partial charge in [0.15, 0.2) is 17.1 Å². The molecule has 0 radical (unpaired) electrons. The van der Waals surface area contributed by atoms with E-state index in [1.54, 1.807) is 6.92 Å². The van der Waals surface area contributed by atoms with Crippen molar-refractivity contribution in [1.29, 1.82) is 0 Å². The van der Waals surface area contributed by atoms with Gasteiger partial charge in [-0.05, 0) is 24.6 Å². The summed E-state index contributed by atoms with van der Waals surface area (Å²) in [5, 5.41) is 0. The van der Waals surface area contributed by atoms with Crippen molar-refractivity contribution in [3.63, 3.8) is 0 Å². The van der Waals surface area contributed by atoms with Crippen LogP contribution in [0.5, 0.6) is 0 Å². The number of H-pyrrole nitrogens is 1. The lowest BCUT2D eigenvalue weighted by atomic mass is 10.1. The van der Waals surface area contributed by atoms with Crippen molar-refractivity contribution in [2.45, 2.75) is 13.5 Å². The number of aromatic nitrogens is 1. The molecule has 2 aromatic rings. The van der Waals surface area contributed by atoms with Gasteiger partial charge in [-0.2, -0.15) is 0 Å². The Hall–Kier alpha value is -2.50. The summed E-state index contributed by atoms with van der Waals surface area (Å²) >= 11 is 0. The van der Waals surface area contributed by atoms with E-state index in [0.717, 1.165) is 12.1 Å². The molecule has 0 atom stereocenters. The number of aromatic amines is 1. The van der Waals surface area contributed by atoms with Crippen LogP contribution >= 0.6 is 0 Å². The van der Waals surface area contributed by atoms with Crippen molar-refractivity contribution in [2.24, 2.45) is 0 Å². The molecule has 6 heteroatoms. The molecule has 1 N–H and O–H groups in total. The first-order chi connectivity index (χ1) is 9.88. The van der Waals surface area contributed by atoms with Crippen LogP contribution in [0.4, 0.5) is 8.78 Å². The summed E-state index contributed by atoms with van der Waals surface area (Å²) in [7, 11) is 1.49. The van der Waals surface area contributed by atoms with E-state index in [4.69, 9.17) is 0 Å². The lowest BCUT2D eigenvalue weighted by molar-refractivity contribution is 0.0783. The molecule has 110 valence electrons. The van der Waals surface area contributed by atoms with Crippen molar-refractivity contribution in [3.8, 4) is 0 Å². The molecular weight excluding hydrogens is 278 g/mol. The maximum atomic E-state index is 13.1. The quantitative estimate of drug-likeness (QED) is 0.943. The maximum absolute atomic E-state index is 13.1. The number of pyridine rings is 1. The van der Waals surface area contributed by atoms with Crippen LogP contribution in [0.15, 0.2) is 35.3 Å². The highest BCUT2D eigenvalue weighted by atomic mass is 19.2. The topological polar surface area (TPSA) is 53.2 Å². The molecule has 4 nitrogen and oxygen atoms in total. The van der Waals surface area contributed by atoms with Gasteiger partial charge in [0, 0.05) is 31.5 Å². The predicted octanol–water partition coefficient (Wildman–Crippen LogP) is 2.23. The third kappa shape index (κ3) is 3.34. The van der Waals surface area contributed by atoms with E-state index < -0.39 is 17.5 Å². The predicted molar refractivity (Wildman–Crippen MR) is 74.0 cm³/mol. The van der Waals surface area contributed by atoms with Crippen LogP contribution in [0, 0.1) is 18.6 Å². The Labute approximate surface area is 120 Å². The molecule has 0 fully saturated rings. The Balaban J connectivity index is 2.19. The van der Waals surface area contributed by atoms with E-state index in [-0.39, 0.29) is 17.5 Å². The molecule has 2 rings (SSSR count). The molecule has 1 aromatic heterocycles. The van der Waals surface area contributed by atoms with E-state index in [0.29, 0.717) is 11.3 Å². The number of carbonyl (C=O) groups is 1. The van der Waals surface area contributed by atoms with Crippen molar-refractivity contribution >= 4 is 5.91 Å². The number of halogens is 2. The van der Waals surface area contributed by atoms with Crippen molar-refractivity contribution < 1.29 is 13.6 Å². The SMILES string of the molecule is Cc1cc(=O)c(C(=O)N(C)Cc2ccc(F)c(F)c2)c[nH]1. The average Bonchev–Trinajstić information content (AvgIpc) is 2.42. The minimum absolute atomic E-state index is 0.00526. The highest BCUT2D eigenvalue weighted by Gasteiger charge is 2.16. The number of carbonyl (C=O) groups excluding carboxylic acids is 1. The van der Waals surface area contributed by atoms with Gasteiger partial charge in [-0.3, -0.25) is 9.59 Å². The van der Waals surface area contributed by atoms with Crippen LogP contribution in [0.1, 0.15) is 21.6 Å². The first-order valence-electron chi connectivity index (χ1n) is 6.27. The van der Waals surface area contributed by atoms with Gasteiger partial charge in [-0.1, -0.05) is 6.07 Å². The molecule has 0 spiro atoms. The summed E-state index contributed by atoms with van der Waals surface area (Å²) < 4.78 is 26.0. The number of hydrogen-bond acceptors (Lipinski definition) is 2. The van der Waals surface area contributed by atoms with E-state index >= 15 is 0 Å². The Morgan fingerprint density at radius 2 is 1.95 bits per heavy atom. The number of aryl methyl sites for hydroxylation is 1. The second-order valence-corrected chi connectivity index (χ2v) is 4.80. The lowest BCUT2D eigenvalue weighted by Crippen LogP contribution is -2.30. The van der Waals surface area contributed by atoms with Gasteiger partial charge in [0.05, 0.1) is 0 Å². The summed E-state index contributed by atoms with van der Waals surface area (Å²) in [4.78, 5) is 28.0. The highest BCUT2D eigenvalue weighted by Crippen LogP contribution is 2.11. The number of amides is 1. The highest BCUT2D eigenvalue weighted by molar-refractivity contribution is 5.93. The van der Waals surface area contributed by atoms with Crippen LogP contribution < -0.4 is 5.43 Å². The minimum atomic E-state index is -0.971. The molecular formula is C15H14F2N2O2. The number of rotatable bonds is 3. The molecule has 0 aliphatic rings. The zero-order valence-corrected chi connectivity index (χ0v) is 11.6. The monoisotopic (exact) mass is 292 g/mol. The third-order valence-corrected chi connectivity index (χ3v) is 3.04. The van der Waals surface area contributed by atoms with Gasteiger partial charge in [0.25, 0.3) is 5.91 Å². The fourth-order valence-electron chi connectivity index (χ4n) is 1.93. The van der Waals surface area contributed by atoms with E-state index in [2.05, 4.69) is 4.98 Å². The summed E-state index contributed by atoms with van der Waals surface area (Å²) in [6.45, 7) is 1.78. The minimum Gasteiger partial charge on any atom is -0.364 e. The molecule has 0 aliphatic heterocycles.